The first-order valence-corrected chi connectivity index (χ1v) is 9.13. The molecule has 3 aromatic rings. The van der Waals surface area contributed by atoms with Gasteiger partial charge >= 0.3 is 0 Å². The Kier molecular flexibility index (Phi) is 4.63. The van der Waals surface area contributed by atoms with Gasteiger partial charge in [-0.1, -0.05) is 30.3 Å². The molecule has 1 unspecified atom stereocenters. The molecule has 2 aromatic carbocycles. The number of hydrogen-bond acceptors (Lipinski definition) is 5. The lowest BCUT2D eigenvalue weighted by atomic mass is 9.99. The van der Waals surface area contributed by atoms with E-state index in [2.05, 4.69) is 9.98 Å². The van der Waals surface area contributed by atoms with Crippen LogP contribution in [0.1, 0.15) is 28.4 Å². The number of halogens is 1. The van der Waals surface area contributed by atoms with Gasteiger partial charge in [0.2, 0.25) is 0 Å². The van der Waals surface area contributed by atoms with Gasteiger partial charge in [-0.2, -0.15) is 0 Å². The summed E-state index contributed by atoms with van der Waals surface area (Å²) in [6, 6.07) is 15.9. The molecule has 4 N–H and O–H groups in total. The number of benzene rings is 2. The Labute approximate surface area is 171 Å². The van der Waals surface area contributed by atoms with Gasteiger partial charge in [-0.15, -0.1) is 0 Å². The zero-order chi connectivity index (χ0) is 21.5. The molecule has 0 saturated heterocycles. The Hall–Kier alpha value is -3.91. The van der Waals surface area contributed by atoms with Crippen molar-refractivity contribution < 1.29 is 14.0 Å². The minimum Gasteiger partial charge on any atom is -0.365 e. The number of nitrogens with zero attached hydrogens (tertiary/aromatic N) is 3. The SMILES string of the molecule is CC1(N)N=C(c2ccccc2F)c2ccccc2N(c2ncccc2C(N)=O)C1=O. The monoisotopic (exact) mass is 403 g/mol. The van der Waals surface area contributed by atoms with Gasteiger partial charge in [0.15, 0.2) is 11.5 Å². The van der Waals surface area contributed by atoms with Crippen LogP contribution in [0.3, 0.4) is 0 Å². The number of hydrogen-bond donors (Lipinski definition) is 2. The van der Waals surface area contributed by atoms with Crippen molar-refractivity contribution in [2.24, 2.45) is 16.5 Å². The molecule has 30 heavy (non-hydrogen) atoms. The maximum atomic E-state index is 14.6. The number of nitrogens with two attached hydrogens (primary N) is 2. The smallest absolute Gasteiger partial charge is 0.275 e. The summed E-state index contributed by atoms with van der Waals surface area (Å²) in [5.41, 5.74) is 11.3. The molecule has 4 rings (SSSR count). The van der Waals surface area contributed by atoms with E-state index in [4.69, 9.17) is 11.5 Å². The van der Waals surface area contributed by atoms with Crippen LogP contribution in [-0.4, -0.2) is 28.2 Å². The van der Waals surface area contributed by atoms with Crippen molar-refractivity contribution in [1.29, 1.82) is 0 Å². The molecule has 2 heterocycles. The molecule has 1 aromatic heterocycles. The van der Waals surface area contributed by atoms with Crippen molar-refractivity contribution in [2.45, 2.75) is 12.6 Å². The lowest BCUT2D eigenvalue weighted by Gasteiger charge is -2.28. The number of primary amides is 1. The predicted molar refractivity (Wildman–Crippen MR) is 111 cm³/mol. The fraction of sp³-hybridized carbons (Fsp3) is 0.0909. The molecule has 0 fully saturated rings. The van der Waals surface area contributed by atoms with Crippen LogP contribution in [0, 0.1) is 5.82 Å². The molecule has 1 aliphatic rings. The summed E-state index contributed by atoms with van der Waals surface area (Å²) >= 11 is 0. The first-order chi connectivity index (χ1) is 14.3. The normalized spacial score (nSPS) is 18.4. The molecular weight excluding hydrogens is 385 g/mol. The van der Waals surface area contributed by atoms with Gasteiger partial charge < -0.3 is 5.73 Å². The van der Waals surface area contributed by atoms with Gasteiger partial charge in [-0.3, -0.25) is 25.2 Å². The number of benzodiazepines with no additional fused rings is 1. The first-order valence-electron chi connectivity index (χ1n) is 9.13. The summed E-state index contributed by atoms with van der Waals surface area (Å²) < 4.78 is 14.6. The Morgan fingerprint density at radius 2 is 1.70 bits per heavy atom. The number of pyridine rings is 1. The molecular formula is C22H18FN5O2. The van der Waals surface area contributed by atoms with Gasteiger partial charge in [0.05, 0.1) is 17.0 Å². The summed E-state index contributed by atoms with van der Waals surface area (Å²) in [5, 5.41) is 0. The summed E-state index contributed by atoms with van der Waals surface area (Å²) in [4.78, 5) is 35.3. The van der Waals surface area contributed by atoms with Gasteiger partial charge in [-0.25, -0.2) is 9.37 Å². The molecule has 0 saturated carbocycles. The van der Waals surface area contributed by atoms with Crippen LogP contribution in [0.2, 0.25) is 0 Å². The number of aliphatic imine (C=N–C) groups is 1. The first kappa shape index (κ1) is 19.4. The third kappa shape index (κ3) is 3.13. The maximum Gasteiger partial charge on any atom is 0.275 e. The number of amides is 2. The molecule has 8 heteroatoms. The zero-order valence-electron chi connectivity index (χ0n) is 16.0. The molecule has 1 atom stereocenters. The van der Waals surface area contributed by atoms with E-state index >= 15 is 0 Å². The number of carbonyl (C=O) groups is 2. The molecule has 0 spiro atoms. The van der Waals surface area contributed by atoms with E-state index in [1.165, 1.54) is 30.2 Å². The minimum absolute atomic E-state index is 0.0316. The van der Waals surface area contributed by atoms with Crippen molar-refractivity contribution in [3.05, 3.63) is 89.4 Å². The van der Waals surface area contributed by atoms with Crippen LogP contribution in [-0.2, 0) is 4.79 Å². The molecule has 150 valence electrons. The number of fused-ring (bicyclic) bond motifs is 1. The average molecular weight is 403 g/mol. The second-order valence-corrected chi connectivity index (χ2v) is 6.98. The Bertz CT molecular complexity index is 1210. The van der Waals surface area contributed by atoms with Crippen LogP contribution in [0.25, 0.3) is 0 Å². The number of anilines is 2. The molecule has 2 amide bonds. The second kappa shape index (κ2) is 7.16. The van der Waals surface area contributed by atoms with Crippen LogP contribution >= 0.6 is 0 Å². The fourth-order valence-electron chi connectivity index (χ4n) is 3.38. The molecule has 7 nitrogen and oxygen atoms in total. The molecule has 0 radical (unpaired) electrons. The van der Waals surface area contributed by atoms with Crippen LogP contribution in [0.15, 0.2) is 71.9 Å². The summed E-state index contributed by atoms with van der Waals surface area (Å²) in [7, 11) is 0. The van der Waals surface area contributed by atoms with Crippen molar-refractivity contribution in [3.63, 3.8) is 0 Å². The van der Waals surface area contributed by atoms with E-state index < -0.39 is 23.3 Å². The average Bonchev–Trinajstić information content (AvgIpc) is 2.81. The standard InChI is InChI=1S/C22H18FN5O2/c1-22(25)21(30)28(20-15(19(24)29)9-6-12-26-20)17-11-5-3-8-14(17)18(27-22)13-7-2-4-10-16(13)23/h2-12H,25H2,1H3,(H2,24,29). The summed E-state index contributed by atoms with van der Waals surface area (Å²) in [6.07, 6.45) is 1.44. The van der Waals surface area contributed by atoms with E-state index in [1.54, 1.807) is 48.5 Å². The van der Waals surface area contributed by atoms with Gasteiger partial charge in [0.1, 0.15) is 5.82 Å². The fourth-order valence-corrected chi connectivity index (χ4v) is 3.38. The molecule has 0 aliphatic carbocycles. The predicted octanol–water partition coefficient (Wildman–Crippen LogP) is 2.51. The third-order valence-corrected chi connectivity index (χ3v) is 4.77. The topological polar surface area (TPSA) is 115 Å². The zero-order valence-corrected chi connectivity index (χ0v) is 16.0. The number of para-hydroxylation sites is 1. The van der Waals surface area contributed by atoms with Crippen molar-refractivity contribution in [3.8, 4) is 0 Å². The van der Waals surface area contributed by atoms with E-state index in [9.17, 15) is 14.0 Å². The van der Waals surface area contributed by atoms with E-state index in [-0.39, 0.29) is 22.7 Å². The Morgan fingerprint density at radius 3 is 2.40 bits per heavy atom. The quantitative estimate of drug-likeness (QED) is 0.699. The second-order valence-electron chi connectivity index (χ2n) is 6.98. The molecule has 0 bridgehead atoms. The lowest BCUT2D eigenvalue weighted by molar-refractivity contribution is -0.122. The van der Waals surface area contributed by atoms with Gasteiger partial charge in [-0.05, 0) is 37.3 Å². The third-order valence-electron chi connectivity index (χ3n) is 4.77. The summed E-state index contributed by atoms with van der Waals surface area (Å²) in [6.45, 7) is 1.42. The van der Waals surface area contributed by atoms with Crippen LogP contribution in [0.5, 0.6) is 0 Å². The van der Waals surface area contributed by atoms with Crippen LogP contribution < -0.4 is 16.4 Å². The number of rotatable bonds is 3. The van der Waals surface area contributed by atoms with Crippen molar-refractivity contribution in [1.82, 2.24) is 4.98 Å². The highest BCUT2D eigenvalue weighted by Gasteiger charge is 2.41. The highest BCUT2D eigenvalue weighted by Crippen LogP contribution is 2.36. The lowest BCUT2D eigenvalue weighted by Crippen LogP contribution is -2.50. The van der Waals surface area contributed by atoms with Gasteiger partial charge in [0.25, 0.3) is 11.8 Å². The van der Waals surface area contributed by atoms with Gasteiger partial charge in [0, 0.05) is 17.3 Å². The van der Waals surface area contributed by atoms with Crippen molar-refractivity contribution in [2.75, 3.05) is 4.90 Å². The highest BCUT2D eigenvalue weighted by molar-refractivity contribution is 6.22. The maximum absolute atomic E-state index is 14.6. The molecule has 1 aliphatic heterocycles. The Balaban J connectivity index is 2.04. The van der Waals surface area contributed by atoms with E-state index in [1.807, 2.05) is 0 Å². The van der Waals surface area contributed by atoms with E-state index in [0.29, 0.717) is 11.3 Å². The highest BCUT2D eigenvalue weighted by atomic mass is 19.1. The van der Waals surface area contributed by atoms with E-state index in [0.717, 1.165) is 0 Å². The Morgan fingerprint density at radius 1 is 1.03 bits per heavy atom. The van der Waals surface area contributed by atoms with Crippen LogP contribution in [0.4, 0.5) is 15.9 Å². The number of carbonyl (C=O) groups excluding carboxylic acids is 2. The largest absolute Gasteiger partial charge is 0.365 e. The van der Waals surface area contributed by atoms with Crippen molar-refractivity contribution >= 4 is 29.0 Å². The number of aromatic nitrogens is 1. The summed E-state index contributed by atoms with van der Waals surface area (Å²) in [5.74, 6) is -1.85. The minimum atomic E-state index is -1.76.